The van der Waals surface area contributed by atoms with Crippen LogP contribution in [-0.4, -0.2) is 22.5 Å². The molecule has 0 aliphatic carbocycles. The van der Waals surface area contributed by atoms with E-state index >= 15 is 0 Å². The third-order valence-corrected chi connectivity index (χ3v) is 5.73. The van der Waals surface area contributed by atoms with Gasteiger partial charge in [0.1, 0.15) is 17.4 Å². The van der Waals surface area contributed by atoms with Crippen molar-refractivity contribution < 1.29 is 13.9 Å². The summed E-state index contributed by atoms with van der Waals surface area (Å²) in [5, 5.41) is 3.12. The lowest BCUT2D eigenvalue weighted by Crippen LogP contribution is -2.31. The van der Waals surface area contributed by atoms with E-state index in [0.717, 1.165) is 11.1 Å². The van der Waals surface area contributed by atoms with Gasteiger partial charge in [0.05, 0.1) is 12.2 Å². The van der Waals surface area contributed by atoms with Gasteiger partial charge in [0, 0.05) is 18.1 Å². The predicted octanol–water partition coefficient (Wildman–Crippen LogP) is 4.07. The SMILES string of the molecule is CCOc1cccc([C@H]2CC(=O)Nc3nc(SCc4ccc(F)cc4)[nH]c(=O)c32)c1. The first kappa shape index (κ1) is 20.2. The van der Waals surface area contributed by atoms with E-state index in [4.69, 9.17) is 4.74 Å². The number of anilines is 1. The first-order chi connectivity index (χ1) is 14.5. The second-order valence-corrected chi connectivity index (χ2v) is 7.82. The van der Waals surface area contributed by atoms with Crippen LogP contribution in [0.4, 0.5) is 10.2 Å². The van der Waals surface area contributed by atoms with Gasteiger partial charge in [-0.25, -0.2) is 9.37 Å². The largest absolute Gasteiger partial charge is 0.494 e. The first-order valence-electron chi connectivity index (χ1n) is 9.57. The quantitative estimate of drug-likeness (QED) is 0.459. The molecule has 1 aromatic heterocycles. The summed E-state index contributed by atoms with van der Waals surface area (Å²) in [6.45, 7) is 2.43. The van der Waals surface area contributed by atoms with Crippen LogP contribution in [-0.2, 0) is 10.5 Å². The van der Waals surface area contributed by atoms with E-state index in [2.05, 4.69) is 15.3 Å². The maximum Gasteiger partial charge on any atom is 0.257 e. The summed E-state index contributed by atoms with van der Waals surface area (Å²) >= 11 is 1.31. The monoisotopic (exact) mass is 425 g/mol. The van der Waals surface area contributed by atoms with Crippen molar-refractivity contribution in [3.05, 3.63) is 81.4 Å². The van der Waals surface area contributed by atoms with Gasteiger partial charge in [0.2, 0.25) is 5.91 Å². The van der Waals surface area contributed by atoms with Crippen molar-refractivity contribution in [2.75, 3.05) is 11.9 Å². The summed E-state index contributed by atoms with van der Waals surface area (Å²) in [5.41, 5.74) is 1.88. The van der Waals surface area contributed by atoms with Crippen LogP contribution in [0, 0.1) is 5.82 Å². The first-order valence-corrected chi connectivity index (χ1v) is 10.6. The molecule has 0 saturated carbocycles. The van der Waals surface area contributed by atoms with Gasteiger partial charge < -0.3 is 15.0 Å². The molecule has 8 heteroatoms. The molecule has 0 unspecified atom stereocenters. The van der Waals surface area contributed by atoms with E-state index < -0.39 is 5.92 Å². The van der Waals surface area contributed by atoms with Crippen LogP contribution in [0.1, 0.15) is 36.0 Å². The normalized spacial score (nSPS) is 15.4. The van der Waals surface area contributed by atoms with Crippen LogP contribution >= 0.6 is 11.8 Å². The second kappa shape index (κ2) is 8.71. The number of nitrogens with one attached hydrogen (secondary N) is 2. The number of halogens is 1. The Morgan fingerprint density at radius 3 is 2.77 bits per heavy atom. The van der Waals surface area contributed by atoms with Gasteiger partial charge in [0.25, 0.3) is 5.56 Å². The minimum absolute atomic E-state index is 0.162. The lowest BCUT2D eigenvalue weighted by Gasteiger charge is -2.24. The van der Waals surface area contributed by atoms with Gasteiger partial charge in [-0.2, -0.15) is 0 Å². The fraction of sp³-hybridized carbons (Fsp3) is 0.227. The molecular formula is C22H20FN3O3S. The van der Waals surface area contributed by atoms with E-state index in [1.165, 1.54) is 23.9 Å². The molecule has 0 fully saturated rings. The van der Waals surface area contributed by atoms with Gasteiger partial charge in [-0.15, -0.1) is 0 Å². The van der Waals surface area contributed by atoms with Crippen molar-refractivity contribution in [2.24, 2.45) is 0 Å². The smallest absolute Gasteiger partial charge is 0.257 e. The Balaban J connectivity index is 1.63. The van der Waals surface area contributed by atoms with Gasteiger partial charge in [-0.3, -0.25) is 9.59 Å². The Kier molecular flexibility index (Phi) is 5.85. The molecule has 2 N–H and O–H groups in total. The Bertz CT molecular complexity index is 1130. The highest BCUT2D eigenvalue weighted by molar-refractivity contribution is 7.98. The van der Waals surface area contributed by atoms with E-state index in [9.17, 15) is 14.0 Å². The number of amides is 1. The highest BCUT2D eigenvalue weighted by atomic mass is 32.2. The Morgan fingerprint density at radius 1 is 1.20 bits per heavy atom. The zero-order valence-corrected chi connectivity index (χ0v) is 17.1. The molecule has 0 saturated heterocycles. The van der Waals surface area contributed by atoms with Crippen LogP contribution in [0.2, 0.25) is 0 Å². The molecular weight excluding hydrogens is 405 g/mol. The van der Waals surface area contributed by atoms with Crippen LogP contribution < -0.4 is 15.6 Å². The fourth-order valence-electron chi connectivity index (χ4n) is 3.42. The number of aromatic amines is 1. The van der Waals surface area contributed by atoms with Gasteiger partial charge >= 0.3 is 0 Å². The van der Waals surface area contributed by atoms with Gasteiger partial charge in [-0.1, -0.05) is 36.0 Å². The molecule has 1 aliphatic heterocycles. The van der Waals surface area contributed by atoms with Crippen molar-refractivity contribution >= 4 is 23.5 Å². The lowest BCUT2D eigenvalue weighted by molar-refractivity contribution is -0.116. The number of benzene rings is 2. The third-order valence-electron chi connectivity index (χ3n) is 4.79. The zero-order chi connectivity index (χ0) is 21.1. The van der Waals surface area contributed by atoms with E-state index in [1.54, 1.807) is 12.1 Å². The fourth-order valence-corrected chi connectivity index (χ4v) is 4.24. The Labute approximate surface area is 176 Å². The highest BCUT2D eigenvalue weighted by Crippen LogP contribution is 2.35. The van der Waals surface area contributed by atoms with Crippen molar-refractivity contribution in [2.45, 2.75) is 30.2 Å². The van der Waals surface area contributed by atoms with E-state index in [-0.39, 0.29) is 29.5 Å². The topological polar surface area (TPSA) is 84.1 Å². The number of fused-ring (bicyclic) bond motifs is 1. The number of hydrogen-bond donors (Lipinski definition) is 2. The summed E-state index contributed by atoms with van der Waals surface area (Å²) in [7, 11) is 0. The van der Waals surface area contributed by atoms with E-state index in [0.29, 0.717) is 28.8 Å². The molecule has 2 aromatic carbocycles. The zero-order valence-electron chi connectivity index (χ0n) is 16.3. The molecule has 154 valence electrons. The van der Waals surface area contributed by atoms with Crippen LogP contribution in [0.15, 0.2) is 58.5 Å². The Hall–Kier alpha value is -3.13. The molecule has 3 aromatic rings. The van der Waals surface area contributed by atoms with Crippen LogP contribution in [0.5, 0.6) is 5.75 Å². The van der Waals surface area contributed by atoms with Crippen LogP contribution in [0.25, 0.3) is 0 Å². The summed E-state index contributed by atoms with van der Waals surface area (Å²) in [6.07, 6.45) is 0.162. The number of carbonyl (C=O) groups excluding carboxylic acids is 1. The molecule has 6 nitrogen and oxygen atoms in total. The summed E-state index contributed by atoms with van der Waals surface area (Å²) in [6, 6.07) is 13.6. The highest BCUT2D eigenvalue weighted by Gasteiger charge is 2.31. The molecule has 0 bridgehead atoms. The van der Waals surface area contributed by atoms with Crippen molar-refractivity contribution in [3.63, 3.8) is 0 Å². The Morgan fingerprint density at radius 2 is 2.00 bits per heavy atom. The predicted molar refractivity (Wildman–Crippen MR) is 114 cm³/mol. The molecule has 2 heterocycles. The summed E-state index contributed by atoms with van der Waals surface area (Å²) in [5.74, 6) is 0.590. The maximum absolute atomic E-state index is 13.1. The van der Waals surface area contributed by atoms with Crippen LogP contribution in [0.3, 0.4) is 0 Å². The van der Waals surface area contributed by atoms with Crippen molar-refractivity contribution in [1.29, 1.82) is 0 Å². The minimum Gasteiger partial charge on any atom is -0.494 e. The minimum atomic E-state index is -0.401. The van der Waals surface area contributed by atoms with Gasteiger partial charge in [-0.05, 0) is 42.3 Å². The number of rotatable bonds is 6. The van der Waals surface area contributed by atoms with Crippen molar-refractivity contribution in [1.82, 2.24) is 9.97 Å². The molecule has 1 atom stereocenters. The molecule has 1 amide bonds. The number of nitrogens with zero attached hydrogens (tertiary/aromatic N) is 1. The lowest BCUT2D eigenvalue weighted by atomic mass is 9.87. The number of thioether (sulfide) groups is 1. The average Bonchev–Trinajstić information content (AvgIpc) is 2.73. The molecule has 0 radical (unpaired) electrons. The van der Waals surface area contributed by atoms with Gasteiger partial charge in [0.15, 0.2) is 5.16 Å². The summed E-state index contributed by atoms with van der Waals surface area (Å²) in [4.78, 5) is 32.5. The number of aromatic nitrogens is 2. The molecule has 0 spiro atoms. The number of carbonyl (C=O) groups is 1. The summed E-state index contributed by atoms with van der Waals surface area (Å²) < 4.78 is 18.6. The number of hydrogen-bond acceptors (Lipinski definition) is 5. The molecule has 4 rings (SSSR count). The van der Waals surface area contributed by atoms with Crippen molar-refractivity contribution in [3.8, 4) is 5.75 Å². The standard InChI is InChI=1S/C22H20FN3O3S/c1-2-29-16-5-3-4-14(10-16)17-11-18(27)24-20-19(17)21(28)26-22(25-20)30-12-13-6-8-15(23)9-7-13/h3-10,17H,2,11-12H2,1H3,(H2,24,25,26,27,28)/t17-/m1/s1. The number of ether oxygens (including phenoxy) is 1. The maximum atomic E-state index is 13.1. The third kappa shape index (κ3) is 4.38. The number of H-pyrrole nitrogens is 1. The molecule has 1 aliphatic rings. The van der Waals surface area contributed by atoms with E-state index in [1.807, 2.05) is 31.2 Å². The molecule has 30 heavy (non-hydrogen) atoms. The average molecular weight is 425 g/mol. The second-order valence-electron chi connectivity index (χ2n) is 6.86.